The standard InChI is InChI=1S/C63H121NO8/c1-6-8-10-12-14-16-18-19-20-21-22-23-24-25-26-27-28-29-30-31-32-33-34-35-36-37-38-39-40-41-42-43-44-46-47-49-51-53-60(65)70-57-59(58-71-63(62(67)68)69-56-55-64(3,4)5)72-61(66)54-52-50-48-45-17-15-13-11-9-7-2/h11,13,59,63H,6-10,12,14-58H2,1-5H3/b13-11-. The molecule has 0 saturated carbocycles. The molecule has 0 rings (SSSR count). The third-order valence-corrected chi connectivity index (χ3v) is 14.2. The minimum Gasteiger partial charge on any atom is -0.545 e. The molecule has 72 heavy (non-hydrogen) atoms. The van der Waals surface area contributed by atoms with Crippen LogP contribution in [0.2, 0.25) is 0 Å². The van der Waals surface area contributed by atoms with Crippen molar-refractivity contribution in [1.82, 2.24) is 0 Å². The number of carboxylic acid groups (broad SMARTS) is 1. The summed E-state index contributed by atoms with van der Waals surface area (Å²) in [4.78, 5) is 37.1. The number of nitrogens with zero attached hydrogens (tertiary/aromatic N) is 1. The van der Waals surface area contributed by atoms with Gasteiger partial charge >= 0.3 is 11.9 Å². The smallest absolute Gasteiger partial charge is 0.306 e. The van der Waals surface area contributed by atoms with Crippen LogP contribution in [0, 0.1) is 0 Å². The minimum atomic E-state index is -1.62. The molecule has 0 aromatic heterocycles. The molecule has 0 saturated heterocycles. The number of ether oxygens (including phenoxy) is 4. The van der Waals surface area contributed by atoms with Crippen molar-refractivity contribution in [3.8, 4) is 0 Å². The molecule has 426 valence electrons. The molecule has 0 aliphatic rings. The molecule has 0 fully saturated rings. The van der Waals surface area contributed by atoms with Gasteiger partial charge in [0, 0.05) is 12.8 Å². The van der Waals surface area contributed by atoms with Gasteiger partial charge in [-0.1, -0.05) is 283 Å². The van der Waals surface area contributed by atoms with E-state index in [1.165, 1.54) is 225 Å². The summed E-state index contributed by atoms with van der Waals surface area (Å²) in [5.41, 5.74) is 0. The van der Waals surface area contributed by atoms with Crippen molar-refractivity contribution in [2.75, 3.05) is 47.5 Å². The Morgan fingerprint density at radius 1 is 0.403 bits per heavy atom. The number of unbranched alkanes of at least 4 members (excludes halogenated alkanes) is 42. The first kappa shape index (κ1) is 70.0. The highest BCUT2D eigenvalue weighted by Gasteiger charge is 2.22. The Kier molecular flexibility index (Phi) is 53.8. The second-order valence-corrected chi connectivity index (χ2v) is 22.7. The van der Waals surface area contributed by atoms with Gasteiger partial charge in [0.1, 0.15) is 13.2 Å². The van der Waals surface area contributed by atoms with Gasteiger partial charge in [-0.15, -0.1) is 0 Å². The van der Waals surface area contributed by atoms with Crippen molar-refractivity contribution < 1.29 is 42.9 Å². The molecule has 9 heteroatoms. The molecule has 0 N–H and O–H groups in total. The maximum absolute atomic E-state index is 12.7. The van der Waals surface area contributed by atoms with E-state index >= 15 is 0 Å². The van der Waals surface area contributed by atoms with Crippen LogP contribution in [-0.4, -0.2) is 82.3 Å². The van der Waals surface area contributed by atoms with Crippen LogP contribution in [-0.2, 0) is 33.3 Å². The number of likely N-dealkylation sites (N-methyl/N-ethyl adjacent to an activating group) is 1. The summed E-state index contributed by atoms with van der Waals surface area (Å²) < 4.78 is 22.6. The molecular weight excluding hydrogens is 899 g/mol. The highest BCUT2D eigenvalue weighted by molar-refractivity contribution is 5.70. The zero-order valence-corrected chi connectivity index (χ0v) is 48.6. The lowest BCUT2D eigenvalue weighted by atomic mass is 10.0. The molecule has 0 spiro atoms. The topological polar surface area (TPSA) is 111 Å². The van der Waals surface area contributed by atoms with E-state index in [0.717, 1.165) is 57.8 Å². The van der Waals surface area contributed by atoms with Crippen molar-refractivity contribution in [3.63, 3.8) is 0 Å². The average Bonchev–Trinajstić information content (AvgIpc) is 3.35. The number of quaternary nitrogens is 1. The fourth-order valence-corrected chi connectivity index (χ4v) is 9.43. The van der Waals surface area contributed by atoms with Crippen molar-refractivity contribution in [2.24, 2.45) is 0 Å². The number of hydrogen-bond donors (Lipinski definition) is 0. The maximum atomic E-state index is 12.7. The largest absolute Gasteiger partial charge is 0.545 e. The lowest BCUT2D eigenvalue weighted by molar-refractivity contribution is -0.870. The summed E-state index contributed by atoms with van der Waals surface area (Å²) in [6, 6.07) is 0. The average molecular weight is 1020 g/mol. The molecular formula is C63H121NO8. The monoisotopic (exact) mass is 1020 g/mol. The second kappa shape index (κ2) is 55.3. The molecule has 9 nitrogen and oxygen atoms in total. The predicted octanol–water partition coefficient (Wildman–Crippen LogP) is 17.2. The normalized spacial score (nSPS) is 12.7. The minimum absolute atomic E-state index is 0.149. The van der Waals surface area contributed by atoms with Crippen LogP contribution < -0.4 is 5.11 Å². The van der Waals surface area contributed by atoms with Gasteiger partial charge in [-0.3, -0.25) is 9.59 Å². The summed E-state index contributed by atoms with van der Waals surface area (Å²) in [5, 5.41) is 11.7. The third-order valence-electron chi connectivity index (χ3n) is 14.2. The van der Waals surface area contributed by atoms with E-state index in [1.807, 2.05) is 21.1 Å². The highest BCUT2D eigenvalue weighted by atomic mass is 16.7. The highest BCUT2D eigenvalue weighted by Crippen LogP contribution is 2.18. The number of carboxylic acids is 1. The zero-order valence-electron chi connectivity index (χ0n) is 48.6. The first-order chi connectivity index (χ1) is 35.1. The van der Waals surface area contributed by atoms with E-state index in [4.69, 9.17) is 18.9 Å². The molecule has 2 unspecified atom stereocenters. The van der Waals surface area contributed by atoms with E-state index in [2.05, 4.69) is 26.0 Å². The summed E-state index contributed by atoms with van der Waals surface area (Å²) in [5.74, 6) is -2.28. The molecule has 0 aliphatic heterocycles. The van der Waals surface area contributed by atoms with Gasteiger partial charge in [-0.2, -0.15) is 0 Å². The quantitative estimate of drug-likeness (QED) is 0.0195. The summed E-state index contributed by atoms with van der Waals surface area (Å²) >= 11 is 0. The SMILES string of the molecule is CCC/C=C\CCCCCCCC(=O)OC(COC(=O)CCCCCCCCCCCCCCCCCCCCCCCCCCCCCCCCCCCCCCC)COC(OCC[N+](C)(C)C)C(=O)[O-]. The third kappa shape index (κ3) is 55.8. The number of allylic oxidation sites excluding steroid dienone is 2. The summed E-state index contributed by atoms with van der Waals surface area (Å²) in [7, 11) is 5.92. The van der Waals surface area contributed by atoms with Crippen LogP contribution in [0.1, 0.15) is 316 Å². The molecule has 2 atom stereocenters. The number of aliphatic carboxylic acids is 1. The lowest BCUT2D eigenvalue weighted by Gasteiger charge is -2.26. The molecule has 0 heterocycles. The van der Waals surface area contributed by atoms with Gasteiger partial charge in [0.15, 0.2) is 12.4 Å². The molecule has 0 aliphatic carbocycles. The lowest BCUT2D eigenvalue weighted by Crippen LogP contribution is -2.44. The van der Waals surface area contributed by atoms with Crippen molar-refractivity contribution in [2.45, 2.75) is 328 Å². The van der Waals surface area contributed by atoms with Crippen LogP contribution in [0.25, 0.3) is 0 Å². The Labute approximate surface area is 446 Å². The number of carbonyl (C=O) groups is 3. The van der Waals surface area contributed by atoms with Crippen LogP contribution in [0.3, 0.4) is 0 Å². The Morgan fingerprint density at radius 3 is 1.08 bits per heavy atom. The fourth-order valence-electron chi connectivity index (χ4n) is 9.43. The van der Waals surface area contributed by atoms with Crippen molar-refractivity contribution >= 4 is 17.9 Å². The molecule has 0 aromatic carbocycles. The Balaban J connectivity index is 3.83. The first-order valence-electron chi connectivity index (χ1n) is 31.3. The van der Waals surface area contributed by atoms with E-state index in [1.54, 1.807) is 0 Å². The molecule has 0 amide bonds. The predicted molar refractivity (Wildman–Crippen MR) is 302 cm³/mol. The molecule has 0 bridgehead atoms. The summed E-state index contributed by atoms with van der Waals surface area (Å²) in [6.45, 7) is 4.71. The Morgan fingerprint density at radius 2 is 0.736 bits per heavy atom. The number of rotatable bonds is 59. The van der Waals surface area contributed by atoms with Crippen molar-refractivity contribution in [1.29, 1.82) is 0 Å². The van der Waals surface area contributed by atoms with Crippen LogP contribution >= 0.6 is 0 Å². The van der Waals surface area contributed by atoms with E-state index in [0.29, 0.717) is 23.9 Å². The second-order valence-electron chi connectivity index (χ2n) is 22.7. The van der Waals surface area contributed by atoms with E-state index in [9.17, 15) is 19.5 Å². The van der Waals surface area contributed by atoms with Crippen LogP contribution in [0.5, 0.6) is 0 Å². The van der Waals surface area contributed by atoms with Gasteiger partial charge in [0.05, 0.1) is 40.3 Å². The Bertz CT molecular complexity index is 1190. The van der Waals surface area contributed by atoms with Crippen LogP contribution in [0.4, 0.5) is 0 Å². The van der Waals surface area contributed by atoms with Crippen molar-refractivity contribution in [3.05, 3.63) is 12.2 Å². The molecule has 0 aromatic rings. The van der Waals surface area contributed by atoms with Gasteiger partial charge in [0.2, 0.25) is 0 Å². The van der Waals surface area contributed by atoms with Gasteiger partial charge < -0.3 is 33.3 Å². The van der Waals surface area contributed by atoms with Crippen LogP contribution in [0.15, 0.2) is 12.2 Å². The van der Waals surface area contributed by atoms with E-state index in [-0.39, 0.29) is 32.2 Å². The zero-order chi connectivity index (χ0) is 52.7. The number of esters is 2. The van der Waals surface area contributed by atoms with Gasteiger partial charge in [-0.05, 0) is 32.1 Å². The Hall–Kier alpha value is -1.97. The number of carbonyl (C=O) groups excluding carboxylic acids is 3. The van der Waals surface area contributed by atoms with Gasteiger partial charge in [-0.25, -0.2) is 0 Å². The fraction of sp³-hybridized carbons (Fsp3) is 0.921. The summed E-state index contributed by atoms with van der Waals surface area (Å²) in [6.07, 6.45) is 61.9. The maximum Gasteiger partial charge on any atom is 0.306 e. The van der Waals surface area contributed by atoms with E-state index < -0.39 is 24.3 Å². The first-order valence-corrected chi connectivity index (χ1v) is 31.3. The molecule has 0 radical (unpaired) electrons. The number of hydrogen-bond acceptors (Lipinski definition) is 8. The van der Waals surface area contributed by atoms with Gasteiger partial charge in [0.25, 0.3) is 0 Å².